The number of rotatable bonds is 2. The molecule has 0 amide bonds. The molecule has 0 aliphatic heterocycles. The Hall–Kier alpha value is -0.900. The van der Waals surface area contributed by atoms with Crippen molar-refractivity contribution >= 4 is 21.6 Å². The van der Waals surface area contributed by atoms with Gasteiger partial charge in [0.1, 0.15) is 0 Å². The summed E-state index contributed by atoms with van der Waals surface area (Å²) in [5.74, 6) is 0. The lowest BCUT2D eigenvalue weighted by Crippen LogP contribution is -1.88. The van der Waals surface area contributed by atoms with Crippen LogP contribution in [0.3, 0.4) is 0 Å². The Kier molecular flexibility index (Phi) is 1.81. The maximum absolute atomic E-state index is 10.3. The van der Waals surface area contributed by atoms with Gasteiger partial charge in [-0.2, -0.15) is 0 Å². The van der Waals surface area contributed by atoms with Crippen molar-refractivity contribution in [2.45, 2.75) is 5.28 Å². The largest absolute Gasteiger partial charge is 0.269 e. The summed E-state index contributed by atoms with van der Waals surface area (Å²) in [4.78, 5) is 9.79. The molecule has 0 saturated heterocycles. The van der Waals surface area contributed by atoms with E-state index >= 15 is 0 Å². The zero-order chi connectivity index (χ0) is 10.1. The fraction of sp³-hybridized carbons (Fsp3) is 0.143. The van der Waals surface area contributed by atoms with Gasteiger partial charge < -0.3 is 0 Å². The molecule has 0 radical (unpaired) electrons. The second-order valence-electron chi connectivity index (χ2n) is 1.90. The molecule has 0 unspecified atom stereocenters. The van der Waals surface area contributed by atoms with Crippen LogP contribution in [0.25, 0.3) is 0 Å². The predicted octanol–water partition coefficient (Wildman–Crippen LogP) is 2.49. The lowest BCUT2D eigenvalue weighted by atomic mass is 10.2. The normalized spacial score (nSPS) is 13.5. The van der Waals surface area contributed by atoms with Gasteiger partial charge in [0.2, 0.25) is 0 Å². The second-order valence-corrected chi connectivity index (χ2v) is 2.30. The molecule has 0 heterocycles. The smallest absolute Gasteiger partial charge is 0.258 e. The molecule has 4 heteroatoms. The number of alkyl halides is 1. The minimum absolute atomic E-state index is 0.110. The van der Waals surface area contributed by atoms with Crippen LogP contribution < -0.4 is 0 Å². The molecule has 0 bridgehead atoms. The van der Waals surface area contributed by atoms with Crippen molar-refractivity contribution in [2.75, 3.05) is 0 Å². The van der Waals surface area contributed by atoms with E-state index in [2.05, 4.69) is 15.9 Å². The molecule has 1 rings (SSSR count). The van der Waals surface area contributed by atoms with Crippen LogP contribution in [0.1, 0.15) is 8.30 Å². The number of halogens is 1. The van der Waals surface area contributed by atoms with E-state index < -0.39 is 10.2 Å². The molecule has 11 heavy (non-hydrogen) atoms. The van der Waals surface area contributed by atoms with Gasteiger partial charge in [-0.25, -0.2) is 0 Å². The first kappa shape index (κ1) is 5.71. The van der Waals surface area contributed by atoms with Crippen molar-refractivity contribution in [2.24, 2.45) is 0 Å². The van der Waals surface area contributed by atoms with Gasteiger partial charge in [0.25, 0.3) is 5.69 Å². The third-order valence-electron chi connectivity index (χ3n) is 1.17. The summed E-state index contributed by atoms with van der Waals surface area (Å²) in [5.41, 5.74) is 0.127. The predicted molar refractivity (Wildman–Crippen MR) is 45.7 cm³/mol. The highest BCUT2D eigenvalue weighted by atomic mass is 79.9. The zero-order valence-corrected chi connectivity index (χ0v) is 7.04. The molecule has 0 aromatic heterocycles. The van der Waals surface area contributed by atoms with E-state index in [4.69, 9.17) is 2.74 Å². The third-order valence-corrected chi connectivity index (χ3v) is 1.62. The molecule has 3 nitrogen and oxygen atoms in total. The van der Waals surface area contributed by atoms with Gasteiger partial charge in [-0.3, -0.25) is 10.1 Å². The molecule has 1 aromatic rings. The molecule has 0 atom stereocenters. The first-order chi connectivity index (χ1) is 5.91. The van der Waals surface area contributed by atoms with Crippen LogP contribution in [-0.2, 0) is 5.28 Å². The number of non-ortho nitro benzene ring substituents is 1. The van der Waals surface area contributed by atoms with E-state index in [1.54, 1.807) is 0 Å². The minimum atomic E-state index is -1.72. The number of nitro benzene ring substituents is 1. The molecule has 0 saturated carbocycles. The van der Waals surface area contributed by atoms with Gasteiger partial charge in [-0.1, -0.05) is 28.1 Å². The van der Waals surface area contributed by atoms with Crippen LogP contribution in [0.2, 0.25) is 0 Å². The van der Waals surface area contributed by atoms with Crippen molar-refractivity contribution < 1.29 is 7.66 Å². The molecule has 0 fully saturated rings. The van der Waals surface area contributed by atoms with Crippen LogP contribution >= 0.6 is 15.9 Å². The van der Waals surface area contributed by atoms with Gasteiger partial charge in [-0.15, -0.1) is 0 Å². The summed E-state index contributed by atoms with van der Waals surface area (Å²) in [6, 6.07) is 5.46. The van der Waals surface area contributed by atoms with Crippen LogP contribution in [0.5, 0.6) is 0 Å². The van der Waals surface area contributed by atoms with Crippen LogP contribution in [0, 0.1) is 10.1 Å². The first-order valence-electron chi connectivity index (χ1n) is 3.85. The Morgan fingerprint density at radius 3 is 3.00 bits per heavy atom. The zero-order valence-electron chi connectivity index (χ0n) is 7.45. The average Bonchev–Trinajstić information content (AvgIpc) is 2.03. The van der Waals surface area contributed by atoms with E-state index in [9.17, 15) is 10.1 Å². The van der Waals surface area contributed by atoms with E-state index in [1.807, 2.05) is 0 Å². The SMILES string of the molecule is [2H]C([2H])(Br)c1cccc([N+](=O)[O-])c1. The summed E-state index contributed by atoms with van der Waals surface area (Å²) in [6.07, 6.45) is 0. The molecule has 58 valence electrons. The first-order valence-corrected chi connectivity index (χ1v) is 3.64. The van der Waals surface area contributed by atoms with Crippen LogP contribution in [0.4, 0.5) is 5.69 Å². The quantitative estimate of drug-likeness (QED) is 0.434. The summed E-state index contributed by atoms with van der Waals surface area (Å²) >= 11 is 2.78. The Morgan fingerprint density at radius 1 is 1.73 bits per heavy atom. The molecular formula is C7H6BrNO2. The summed E-state index contributed by atoms with van der Waals surface area (Å²) < 4.78 is 14.5. The molecule has 0 spiro atoms. The summed E-state index contributed by atoms with van der Waals surface area (Å²) in [6.45, 7) is 0. The van der Waals surface area contributed by atoms with Crippen molar-refractivity contribution in [3.63, 3.8) is 0 Å². The number of nitrogens with zero attached hydrogens (tertiary/aromatic N) is 1. The maximum atomic E-state index is 10.3. The number of nitro groups is 1. The second kappa shape index (κ2) is 3.48. The lowest BCUT2D eigenvalue weighted by Gasteiger charge is -1.93. The molecule has 0 aliphatic carbocycles. The van der Waals surface area contributed by atoms with E-state index in [0.717, 1.165) is 0 Å². The van der Waals surface area contributed by atoms with Gasteiger partial charge in [0, 0.05) is 20.2 Å². The fourth-order valence-electron chi connectivity index (χ4n) is 0.678. The van der Waals surface area contributed by atoms with Gasteiger partial charge in [0.15, 0.2) is 0 Å². The molecule has 1 aromatic carbocycles. The van der Waals surface area contributed by atoms with Gasteiger partial charge >= 0.3 is 0 Å². The standard InChI is InChI=1S/C7H6BrNO2/c8-5-6-2-1-3-7(4-6)9(10)11/h1-4H,5H2/i5D2. The van der Waals surface area contributed by atoms with Gasteiger partial charge in [0.05, 0.1) is 4.92 Å². The average molecular weight is 218 g/mol. The Balaban J connectivity index is 3.13. The van der Waals surface area contributed by atoms with Crippen molar-refractivity contribution in [3.8, 4) is 0 Å². The highest BCUT2D eigenvalue weighted by molar-refractivity contribution is 9.08. The molecular weight excluding hydrogens is 210 g/mol. The minimum Gasteiger partial charge on any atom is -0.258 e. The van der Waals surface area contributed by atoms with E-state index in [-0.39, 0.29) is 11.3 Å². The van der Waals surface area contributed by atoms with Crippen LogP contribution in [-0.4, -0.2) is 4.92 Å². The Labute approximate surface area is 75.1 Å². The van der Waals surface area contributed by atoms with Crippen molar-refractivity contribution in [3.05, 3.63) is 39.9 Å². The highest BCUT2D eigenvalue weighted by Gasteiger charge is 2.03. The number of hydrogen-bond donors (Lipinski definition) is 0. The van der Waals surface area contributed by atoms with Crippen molar-refractivity contribution in [1.82, 2.24) is 0 Å². The van der Waals surface area contributed by atoms with Crippen LogP contribution in [0.15, 0.2) is 24.3 Å². The maximum Gasteiger partial charge on any atom is 0.269 e. The van der Waals surface area contributed by atoms with Crippen molar-refractivity contribution in [1.29, 1.82) is 0 Å². The van der Waals surface area contributed by atoms with E-state index in [0.29, 0.717) is 0 Å². The van der Waals surface area contributed by atoms with Gasteiger partial charge in [-0.05, 0) is 5.56 Å². The number of benzene rings is 1. The molecule has 0 aliphatic rings. The summed E-state index contributed by atoms with van der Waals surface area (Å²) in [5, 5.41) is 8.62. The third kappa shape index (κ3) is 2.01. The Bertz CT molecular complexity index is 338. The topological polar surface area (TPSA) is 43.1 Å². The highest BCUT2D eigenvalue weighted by Crippen LogP contribution is 2.14. The van der Waals surface area contributed by atoms with E-state index in [1.165, 1.54) is 24.3 Å². The summed E-state index contributed by atoms with van der Waals surface area (Å²) in [7, 11) is 0. The monoisotopic (exact) mass is 217 g/mol. The number of hydrogen-bond acceptors (Lipinski definition) is 2. The lowest BCUT2D eigenvalue weighted by molar-refractivity contribution is -0.384. The molecule has 0 N–H and O–H groups in total. The Morgan fingerprint density at radius 2 is 2.45 bits per heavy atom. The fourth-order valence-corrected chi connectivity index (χ4v) is 0.925.